The molecule has 28 heavy (non-hydrogen) atoms. The van der Waals surface area contributed by atoms with E-state index >= 15 is 0 Å². The molecule has 1 aliphatic heterocycles. The first-order valence-corrected chi connectivity index (χ1v) is 9.02. The molecule has 0 bridgehead atoms. The minimum atomic E-state index is -0.950. The number of aromatic nitrogens is 3. The van der Waals surface area contributed by atoms with Gasteiger partial charge in [0, 0.05) is 41.2 Å². The summed E-state index contributed by atoms with van der Waals surface area (Å²) >= 11 is 0. The minimum Gasteiger partial charge on any atom is -0.478 e. The number of anilines is 3. The molecule has 2 aromatic heterocycles. The summed E-state index contributed by atoms with van der Waals surface area (Å²) < 4.78 is 0. The standard InChI is InChI=1S/C21H21N5O2/c1-12-8-13(19(27)28)4-5-16(12)25-20-22-7-6-17(26-20)14-9-15-18(23-10-14)24-11-21(15,2)3/h4-10H,11H2,1-3H3,(H,23,24)(H,27,28)(H,22,25,26). The van der Waals surface area contributed by atoms with Gasteiger partial charge in [0.25, 0.3) is 0 Å². The van der Waals surface area contributed by atoms with Gasteiger partial charge in [-0.1, -0.05) is 13.8 Å². The van der Waals surface area contributed by atoms with Crippen molar-refractivity contribution in [2.24, 2.45) is 0 Å². The highest BCUT2D eigenvalue weighted by Gasteiger charge is 2.31. The molecule has 3 aromatic rings. The number of nitrogens with zero attached hydrogens (tertiary/aromatic N) is 3. The van der Waals surface area contributed by atoms with Gasteiger partial charge < -0.3 is 15.7 Å². The molecule has 0 atom stereocenters. The molecule has 7 heteroatoms. The SMILES string of the molecule is Cc1cc(C(=O)O)ccc1Nc1nccc(-c2cnc3c(c2)C(C)(C)CN3)n1. The molecule has 0 amide bonds. The largest absolute Gasteiger partial charge is 0.478 e. The molecule has 0 spiro atoms. The molecular formula is C21H21N5O2. The molecule has 0 unspecified atom stereocenters. The van der Waals surface area contributed by atoms with Crippen LogP contribution in [0.3, 0.4) is 0 Å². The quantitative estimate of drug-likeness (QED) is 0.634. The smallest absolute Gasteiger partial charge is 0.335 e. The number of rotatable bonds is 4. The van der Waals surface area contributed by atoms with Gasteiger partial charge in [-0.3, -0.25) is 0 Å². The van der Waals surface area contributed by atoms with Crippen molar-refractivity contribution >= 4 is 23.4 Å². The van der Waals surface area contributed by atoms with E-state index in [1.165, 1.54) is 5.56 Å². The van der Waals surface area contributed by atoms with Gasteiger partial charge in [-0.25, -0.2) is 19.7 Å². The van der Waals surface area contributed by atoms with Crippen LogP contribution in [0.15, 0.2) is 42.7 Å². The van der Waals surface area contributed by atoms with Gasteiger partial charge in [0.05, 0.1) is 11.3 Å². The zero-order valence-corrected chi connectivity index (χ0v) is 15.9. The van der Waals surface area contributed by atoms with Crippen LogP contribution in [-0.2, 0) is 5.41 Å². The number of carboxylic acid groups (broad SMARTS) is 1. The zero-order chi connectivity index (χ0) is 19.9. The van der Waals surface area contributed by atoms with Gasteiger partial charge in [-0.15, -0.1) is 0 Å². The number of carboxylic acids is 1. The molecule has 0 aliphatic carbocycles. The first-order valence-electron chi connectivity index (χ1n) is 9.02. The molecule has 4 rings (SSSR count). The highest BCUT2D eigenvalue weighted by Crippen LogP contribution is 2.36. The molecule has 142 valence electrons. The van der Waals surface area contributed by atoms with Crippen LogP contribution in [0, 0.1) is 6.92 Å². The third-order valence-corrected chi connectivity index (χ3v) is 4.99. The Kier molecular flexibility index (Phi) is 4.22. The summed E-state index contributed by atoms with van der Waals surface area (Å²) in [5.41, 5.74) is 4.72. The fourth-order valence-electron chi connectivity index (χ4n) is 3.30. The average Bonchev–Trinajstić information content (AvgIpc) is 2.98. The third kappa shape index (κ3) is 3.26. The lowest BCUT2D eigenvalue weighted by molar-refractivity contribution is 0.0697. The van der Waals surface area contributed by atoms with E-state index in [9.17, 15) is 4.79 Å². The molecule has 0 saturated carbocycles. The van der Waals surface area contributed by atoms with Crippen molar-refractivity contribution in [1.82, 2.24) is 15.0 Å². The molecule has 0 radical (unpaired) electrons. The molecular weight excluding hydrogens is 354 g/mol. The van der Waals surface area contributed by atoms with Crippen LogP contribution in [0.5, 0.6) is 0 Å². The van der Waals surface area contributed by atoms with Crippen molar-refractivity contribution in [2.75, 3.05) is 17.2 Å². The number of benzene rings is 1. The van der Waals surface area contributed by atoms with Crippen LogP contribution >= 0.6 is 0 Å². The Morgan fingerprint density at radius 2 is 2.04 bits per heavy atom. The normalized spacial score (nSPS) is 14.2. The van der Waals surface area contributed by atoms with Crippen LogP contribution in [-0.4, -0.2) is 32.6 Å². The van der Waals surface area contributed by atoms with Crippen molar-refractivity contribution < 1.29 is 9.90 Å². The summed E-state index contributed by atoms with van der Waals surface area (Å²) in [4.78, 5) is 24.5. The second kappa shape index (κ2) is 6.60. The van der Waals surface area contributed by atoms with Gasteiger partial charge >= 0.3 is 5.97 Å². The lowest BCUT2D eigenvalue weighted by Crippen LogP contribution is -2.18. The summed E-state index contributed by atoms with van der Waals surface area (Å²) in [6.45, 7) is 7.08. The van der Waals surface area contributed by atoms with Crippen LogP contribution in [0.1, 0.15) is 35.3 Å². The Morgan fingerprint density at radius 3 is 2.79 bits per heavy atom. The summed E-state index contributed by atoms with van der Waals surface area (Å²) in [7, 11) is 0. The maximum Gasteiger partial charge on any atom is 0.335 e. The molecule has 1 aromatic carbocycles. The maximum absolute atomic E-state index is 11.1. The minimum absolute atomic E-state index is 0.0233. The van der Waals surface area contributed by atoms with E-state index in [4.69, 9.17) is 5.11 Å². The number of fused-ring (bicyclic) bond motifs is 1. The molecule has 0 saturated heterocycles. The van der Waals surface area contributed by atoms with Gasteiger partial charge in [0.1, 0.15) is 5.82 Å². The molecule has 1 aliphatic rings. The number of aryl methyl sites for hydroxylation is 1. The van der Waals surface area contributed by atoms with Gasteiger partial charge in [-0.2, -0.15) is 0 Å². The van der Waals surface area contributed by atoms with E-state index in [1.54, 1.807) is 24.4 Å². The highest BCUT2D eigenvalue weighted by atomic mass is 16.4. The number of hydrogen-bond donors (Lipinski definition) is 3. The van der Waals surface area contributed by atoms with Gasteiger partial charge in [0.2, 0.25) is 5.95 Å². The zero-order valence-electron chi connectivity index (χ0n) is 15.9. The molecule has 0 fully saturated rings. The van der Waals surface area contributed by atoms with E-state index in [-0.39, 0.29) is 11.0 Å². The van der Waals surface area contributed by atoms with Crippen LogP contribution in [0.25, 0.3) is 11.3 Å². The van der Waals surface area contributed by atoms with E-state index in [1.807, 2.05) is 19.2 Å². The predicted molar refractivity (Wildman–Crippen MR) is 108 cm³/mol. The number of aromatic carboxylic acids is 1. The lowest BCUT2D eigenvalue weighted by Gasteiger charge is -2.17. The first kappa shape index (κ1) is 17.9. The van der Waals surface area contributed by atoms with Crippen molar-refractivity contribution in [1.29, 1.82) is 0 Å². The summed E-state index contributed by atoms with van der Waals surface area (Å²) in [5.74, 6) is 0.422. The summed E-state index contributed by atoms with van der Waals surface area (Å²) in [6, 6.07) is 8.88. The van der Waals surface area contributed by atoms with Crippen LogP contribution < -0.4 is 10.6 Å². The highest BCUT2D eigenvalue weighted by molar-refractivity contribution is 5.88. The Bertz CT molecular complexity index is 1080. The molecule has 3 N–H and O–H groups in total. The average molecular weight is 375 g/mol. The summed E-state index contributed by atoms with van der Waals surface area (Å²) in [6.07, 6.45) is 3.51. The number of carbonyl (C=O) groups is 1. The first-order chi connectivity index (χ1) is 13.3. The second-order valence-electron chi connectivity index (χ2n) is 7.58. The fourth-order valence-corrected chi connectivity index (χ4v) is 3.30. The Balaban J connectivity index is 1.64. The maximum atomic E-state index is 11.1. The Labute approximate surface area is 162 Å². The number of nitrogens with one attached hydrogen (secondary N) is 2. The van der Waals surface area contributed by atoms with Crippen molar-refractivity contribution in [3.05, 3.63) is 59.4 Å². The molecule has 3 heterocycles. The van der Waals surface area contributed by atoms with E-state index < -0.39 is 5.97 Å². The van der Waals surface area contributed by atoms with Crippen LogP contribution in [0.2, 0.25) is 0 Å². The van der Waals surface area contributed by atoms with Crippen molar-refractivity contribution in [3.63, 3.8) is 0 Å². The lowest BCUT2D eigenvalue weighted by atomic mass is 9.87. The van der Waals surface area contributed by atoms with E-state index in [0.29, 0.717) is 5.95 Å². The second-order valence-corrected chi connectivity index (χ2v) is 7.58. The van der Waals surface area contributed by atoms with Gasteiger partial charge in [-0.05, 0) is 42.8 Å². The van der Waals surface area contributed by atoms with E-state index in [0.717, 1.165) is 34.9 Å². The fraction of sp³-hybridized carbons (Fsp3) is 0.238. The number of pyridine rings is 1. The van der Waals surface area contributed by atoms with E-state index in [2.05, 4.69) is 45.5 Å². The van der Waals surface area contributed by atoms with Crippen molar-refractivity contribution in [3.8, 4) is 11.3 Å². The Hall–Kier alpha value is -3.48. The summed E-state index contributed by atoms with van der Waals surface area (Å²) in [5, 5.41) is 15.6. The van der Waals surface area contributed by atoms with Crippen molar-refractivity contribution in [2.45, 2.75) is 26.2 Å². The van der Waals surface area contributed by atoms with Gasteiger partial charge in [0.15, 0.2) is 0 Å². The predicted octanol–water partition coefficient (Wildman–Crippen LogP) is 3.99. The third-order valence-electron chi connectivity index (χ3n) is 4.99. The Morgan fingerprint density at radius 1 is 1.21 bits per heavy atom. The monoisotopic (exact) mass is 375 g/mol. The van der Waals surface area contributed by atoms with Crippen LogP contribution in [0.4, 0.5) is 17.5 Å². The topological polar surface area (TPSA) is 100 Å². The number of hydrogen-bond acceptors (Lipinski definition) is 6. The molecule has 7 nitrogen and oxygen atoms in total.